The van der Waals surface area contributed by atoms with Crippen molar-refractivity contribution in [3.05, 3.63) is 0 Å². The van der Waals surface area contributed by atoms with Crippen LogP contribution in [0.15, 0.2) is 0 Å². The molecule has 0 aliphatic heterocycles. The lowest BCUT2D eigenvalue weighted by Gasteiger charge is -2.14. The summed E-state index contributed by atoms with van der Waals surface area (Å²) >= 11 is 0. The Kier molecular flexibility index (Phi) is 25.6. The molecule has 0 N–H and O–H groups in total. The van der Waals surface area contributed by atoms with Crippen LogP contribution in [0.5, 0.6) is 0 Å². The minimum absolute atomic E-state index is 1.03. The van der Waals surface area contributed by atoms with Crippen LogP contribution in [0.1, 0.15) is 40.5 Å². The standard InChI is InChI=1S/C5H14N2.2C3H8/c1-6(2)5-7(3)4;2*1-3-2/h5H2,1-4H3;2*3H2,1-2H3. The molecule has 0 amide bonds. The Morgan fingerprint density at radius 3 is 0.769 bits per heavy atom. The van der Waals surface area contributed by atoms with Crippen LogP contribution in [0.3, 0.4) is 0 Å². The van der Waals surface area contributed by atoms with Crippen molar-refractivity contribution >= 4 is 0 Å². The van der Waals surface area contributed by atoms with Gasteiger partial charge in [-0.2, -0.15) is 0 Å². The van der Waals surface area contributed by atoms with Crippen molar-refractivity contribution in [2.45, 2.75) is 40.5 Å². The van der Waals surface area contributed by atoms with Crippen molar-refractivity contribution < 1.29 is 0 Å². The van der Waals surface area contributed by atoms with Crippen molar-refractivity contribution in [3.8, 4) is 0 Å². The fraction of sp³-hybridized carbons (Fsp3) is 1.00. The largest absolute Gasteiger partial charge is 0.297 e. The molecular formula is C11H30N2. The summed E-state index contributed by atoms with van der Waals surface area (Å²) in [7, 11) is 8.22. The molecule has 0 saturated heterocycles. The first-order valence-corrected chi connectivity index (χ1v) is 5.25. The Bertz CT molecular complexity index is 53.1. The molecule has 0 rings (SSSR count). The average Bonchev–Trinajstić information content (AvgIpc) is 1.86. The third kappa shape index (κ3) is 76.3. The second-order valence-electron chi connectivity index (χ2n) is 3.71. The van der Waals surface area contributed by atoms with Gasteiger partial charge in [-0.25, -0.2) is 0 Å². The molecular weight excluding hydrogens is 160 g/mol. The molecule has 0 aromatic carbocycles. The van der Waals surface area contributed by atoms with Crippen LogP contribution in [0, 0.1) is 0 Å². The van der Waals surface area contributed by atoms with Gasteiger partial charge in [-0.15, -0.1) is 0 Å². The van der Waals surface area contributed by atoms with Crippen LogP contribution in [-0.4, -0.2) is 44.7 Å². The minimum Gasteiger partial charge on any atom is -0.297 e. The van der Waals surface area contributed by atoms with Crippen LogP contribution < -0.4 is 0 Å². The first-order valence-electron chi connectivity index (χ1n) is 5.25. The highest BCUT2D eigenvalue weighted by Gasteiger charge is 1.87. The van der Waals surface area contributed by atoms with Gasteiger partial charge in [0.05, 0.1) is 0 Å². The van der Waals surface area contributed by atoms with E-state index in [9.17, 15) is 0 Å². The molecule has 0 unspecified atom stereocenters. The van der Waals surface area contributed by atoms with E-state index in [0.717, 1.165) is 6.67 Å². The van der Waals surface area contributed by atoms with E-state index in [1.165, 1.54) is 12.8 Å². The van der Waals surface area contributed by atoms with Crippen molar-refractivity contribution in [1.82, 2.24) is 9.80 Å². The van der Waals surface area contributed by atoms with Crippen LogP contribution in [-0.2, 0) is 0 Å². The second-order valence-corrected chi connectivity index (χ2v) is 3.71. The van der Waals surface area contributed by atoms with Gasteiger partial charge in [0.1, 0.15) is 0 Å². The molecule has 0 aromatic rings. The van der Waals surface area contributed by atoms with Crippen molar-refractivity contribution in [2.24, 2.45) is 0 Å². The summed E-state index contributed by atoms with van der Waals surface area (Å²) in [6.45, 7) is 9.53. The third-order valence-electron chi connectivity index (χ3n) is 0.566. The number of hydrogen-bond donors (Lipinski definition) is 0. The summed E-state index contributed by atoms with van der Waals surface area (Å²) in [6, 6.07) is 0. The molecule has 0 atom stereocenters. The first-order chi connectivity index (χ1) is 5.95. The van der Waals surface area contributed by atoms with Crippen LogP contribution in [0.4, 0.5) is 0 Å². The fourth-order valence-electron chi connectivity index (χ4n) is 0.566. The van der Waals surface area contributed by atoms with E-state index in [0.29, 0.717) is 0 Å². The van der Waals surface area contributed by atoms with Crippen LogP contribution in [0.25, 0.3) is 0 Å². The average molecular weight is 190 g/mol. The van der Waals surface area contributed by atoms with Crippen molar-refractivity contribution in [1.29, 1.82) is 0 Å². The second kappa shape index (κ2) is 17.9. The molecule has 0 aliphatic rings. The van der Waals surface area contributed by atoms with Gasteiger partial charge in [-0.3, -0.25) is 9.80 Å². The van der Waals surface area contributed by atoms with E-state index in [2.05, 4.69) is 65.7 Å². The van der Waals surface area contributed by atoms with Crippen LogP contribution in [0.2, 0.25) is 0 Å². The quantitative estimate of drug-likeness (QED) is 0.618. The highest BCUT2D eigenvalue weighted by molar-refractivity contribution is 4.35. The summed E-state index contributed by atoms with van der Waals surface area (Å²) in [5.41, 5.74) is 0. The predicted molar refractivity (Wildman–Crippen MR) is 64.2 cm³/mol. The zero-order valence-electron chi connectivity index (χ0n) is 11.0. The summed E-state index contributed by atoms with van der Waals surface area (Å²) in [5.74, 6) is 0. The molecule has 0 spiro atoms. The Balaban J connectivity index is -0.000000140. The fourth-order valence-corrected chi connectivity index (χ4v) is 0.566. The van der Waals surface area contributed by atoms with Gasteiger partial charge in [-0.1, -0.05) is 40.5 Å². The Morgan fingerprint density at radius 1 is 0.615 bits per heavy atom. The van der Waals surface area contributed by atoms with Crippen molar-refractivity contribution in [2.75, 3.05) is 34.9 Å². The molecule has 0 heterocycles. The van der Waals surface area contributed by atoms with E-state index in [1.807, 2.05) is 0 Å². The summed E-state index contributed by atoms with van der Waals surface area (Å²) in [4.78, 5) is 4.25. The monoisotopic (exact) mass is 190 g/mol. The van der Waals surface area contributed by atoms with Gasteiger partial charge in [0, 0.05) is 6.67 Å². The minimum atomic E-state index is 1.03. The lowest BCUT2D eigenvalue weighted by atomic mass is 10.6. The van der Waals surface area contributed by atoms with E-state index in [1.54, 1.807) is 0 Å². The van der Waals surface area contributed by atoms with Gasteiger partial charge < -0.3 is 0 Å². The third-order valence-corrected chi connectivity index (χ3v) is 0.566. The molecule has 2 heteroatoms. The molecule has 0 fully saturated rings. The predicted octanol–water partition coefficient (Wildman–Crippen LogP) is 2.90. The van der Waals surface area contributed by atoms with Gasteiger partial charge in [-0.05, 0) is 28.2 Å². The smallest absolute Gasteiger partial charge is 0.0495 e. The zero-order chi connectivity index (χ0) is 11.3. The molecule has 0 aromatic heterocycles. The lowest BCUT2D eigenvalue weighted by Crippen LogP contribution is -2.26. The highest BCUT2D eigenvalue weighted by Crippen LogP contribution is 1.74. The number of hydrogen-bond acceptors (Lipinski definition) is 2. The molecule has 13 heavy (non-hydrogen) atoms. The van der Waals surface area contributed by atoms with Crippen LogP contribution >= 0.6 is 0 Å². The summed E-state index contributed by atoms with van der Waals surface area (Å²) < 4.78 is 0. The van der Waals surface area contributed by atoms with E-state index in [-0.39, 0.29) is 0 Å². The maximum atomic E-state index is 2.12. The molecule has 0 bridgehead atoms. The van der Waals surface area contributed by atoms with Gasteiger partial charge >= 0.3 is 0 Å². The van der Waals surface area contributed by atoms with Gasteiger partial charge in [0.25, 0.3) is 0 Å². The zero-order valence-corrected chi connectivity index (χ0v) is 11.0. The van der Waals surface area contributed by atoms with Gasteiger partial charge in [0.15, 0.2) is 0 Å². The number of nitrogens with zero attached hydrogens (tertiary/aromatic N) is 2. The SMILES string of the molecule is CCC.CCC.CN(C)CN(C)C. The molecule has 0 radical (unpaired) electrons. The summed E-state index contributed by atoms with van der Waals surface area (Å²) in [5, 5.41) is 0. The number of rotatable bonds is 2. The maximum absolute atomic E-state index is 2.12. The van der Waals surface area contributed by atoms with Gasteiger partial charge in [0.2, 0.25) is 0 Å². The highest BCUT2D eigenvalue weighted by atomic mass is 15.2. The maximum Gasteiger partial charge on any atom is 0.0495 e. The first kappa shape index (κ1) is 18.7. The lowest BCUT2D eigenvalue weighted by molar-refractivity contribution is 0.245. The van der Waals surface area contributed by atoms with E-state index in [4.69, 9.17) is 0 Å². The van der Waals surface area contributed by atoms with Crippen molar-refractivity contribution in [3.63, 3.8) is 0 Å². The molecule has 84 valence electrons. The summed E-state index contributed by atoms with van der Waals surface area (Å²) in [6.07, 6.45) is 2.50. The van der Waals surface area contributed by atoms with E-state index < -0.39 is 0 Å². The van der Waals surface area contributed by atoms with E-state index >= 15 is 0 Å². The topological polar surface area (TPSA) is 6.48 Å². The Hall–Kier alpha value is -0.0800. The molecule has 0 saturated carbocycles. The molecule has 2 nitrogen and oxygen atoms in total. The Morgan fingerprint density at radius 2 is 0.769 bits per heavy atom. The molecule has 0 aliphatic carbocycles. The normalized spacial score (nSPS) is 8.77. The Labute approximate surface area is 85.9 Å².